The molecule has 0 bridgehead atoms. The molecule has 1 heterocycles. The minimum Gasteiger partial charge on any atom is -0.478 e. The van der Waals surface area contributed by atoms with Gasteiger partial charge in [0, 0.05) is 12.8 Å². The van der Waals surface area contributed by atoms with Crippen LogP contribution in [-0.2, 0) is 4.74 Å². The van der Waals surface area contributed by atoms with Crippen molar-refractivity contribution in [2.24, 2.45) is 0 Å². The zero-order chi connectivity index (χ0) is 20.4. The number of hydrogen-bond donors (Lipinski definition) is 3. The van der Waals surface area contributed by atoms with Gasteiger partial charge in [0.1, 0.15) is 5.69 Å². The second kappa shape index (κ2) is 8.39. The van der Waals surface area contributed by atoms with Gasteiger partial charge in [0.15, 0.2) is 0 Å². The number of nitrogens with one attached hydrogen (secondary N) is 2. The van der Waals surface area contributed by atoms with Crippen LogP contribution in [0.25, 0.3) is 5.57 Å². The van der Waals surface area contributed by atoms with Crippen molar-refractivity contribution in [3.8, 4) is 0 Å². The lowest BCUT2D eigenvalue weighted by Crippen LogP contribution is -2.45. The van der Waals surface area contributed by atoms with Crippen LogP contribution in [0.5, 0.6) is 0 Å². The third-order valence-electron chi connectivity index (χ3n) is 4.84. The van der Waals surface area contributed by atoms with Gasteiger partial charge in [-0.15, -0.1) is 0 Å². The largest absolute Gasteiger partial charge is 0.478 e. The highest BCUT2D eigenvalue weighted by Crippen LogP contribution is 2.31. The number of hydrogen-bond acceptors (Lipinski definition) is 3. The number of aromatic amines is 1. The van der Waals surface area contributed by atoms with Gasteiger partial charge in [0.25, 0.3) is 5.91 Å². The predicted molar refractivity (Wildman–Crippen MR) is 108 cm³/mol. The van der Waals surface area contributed by atoms with Crippen LogP contribution in [-0.4, -0.2) is 41.2 Å². The molecule has 1 aromatic carbocycles. The highest BCUT2D eigenvalue weighted by atomic mass is 35.5. The van der Waals surface area contributed by atoms with E-state index in [9.17, 15) is 14.7 Å². The number of rotatable bonds is 5. The Balaban J connectivity index is 1.79. The Kier molecular flexibility index (Phi) is 6.13. The van der Waals surface area contributed by atoms with E-state index in [1.165, 1.54) is 0 Å². The van der Waals surface area contributed by atoms with Gasteiger partial charge in [-0.25, -0.2) is 4.79 Å². The number of H-pyrrole nitrogens is 1. The molecule has 1 aromatic heterocycles. The van der Waals surface area contributed by atoms with Crippen molar-refractivity contribution >= 4 is 40.7 Å². The summed E-state index contributed by atoms with van der Waals surface area (Å²) in [5.74, 6) is -1.32. The van der Waals surface area contributed by atoms with Gasteiger partial charge in [-0.2, -0.15) is 0 Å². The average molecular weight is 423 g/mol. The molecule has 148 valence electrons. The number of allylic oxidation sites excluding steroid dienone is 1. The van der Waals surface area contributed by atoms with Crippen molar-refractivity contribution in [2.75, 3.05) is 7.11 Å². The second-order valence-corrected chi connectivity index (χ2v) is 7.41. The number of benzene rings is 1. The smallest absolute Gasteiger partial charge is 0.335 e. The lowest BCUT2D eigenvalue weighted by molar-refractivity contribution is 0.0696. The molecule has 0 radical (unpaired) electrons. The number of carboxylic acids is 1. The number of carbonyl (C=O) groups is 2. The molecule has 0 spiro atoms. The monoisotopic (exact) mass is 422 g/mol. The molecule has 2 atom stereocenters. The highest BCUT2D eigenvalue weighted by Gasteiger charge is 2.29. The predicted octanol–water partition coefficient (Wildman–Crippen LogP) is 4.32. The van der Waals surface area contributed by atoms with E-state index in [0.717, 1.165) is 11.1 Å². The minimum absolute atomic E-state index is 0.197. The molecule has 1 amide bonds. The Bertz CT molecular complexity index is 952. The van der Waals surface area contributed by atoms with Gasteiger partial charge in [-0.1, -0.05) is 41.4 Å². The van der Waals surface area contributed by atoms with E-state index in [2.05, 4.69) is 10.3 Å². The fourth-order valence-electron chi connectivity index (χ4n) is 3.32. The fraction of sp³-hybridized carbons (Fsp3) is 0.300. The van der Waals surface area contributed by atoms with E-state index < -0.39 is 5.97 Å². The molecule has 6 nitrogen and oxygen atoms in total. The van der Waals surface area contributed by atoms with Crippen molar-refractivity contribution in [3.63, 3.8) is 0 Å². The average Bonchev–Trinajstić information content (AvgIpc) is 2.95. The van der Waals surface area contributed by atoms with Crippen molar-refractivity contribution in [1.29, 1.82) is 0 Å². The van der Waals surface area contributed by atoms with Gasteiger partial charge in [-0.3, -0.25) is 4.79 Å². The number of aromatic carboxylic acids is 1. The van der Waals surface area contributed by atoms with E-state index in [0.29, 0.717) is 23.6 Å². The standard InChI is InChI=1S/C20H20Cl2N2O4/c1-10-16(21)17(22)18(23-10)19(25)24-14-7-6-12(9-15(14)28-2)11-4-3-5-13(8-11)20(26)27/h3-5,8-9,14-15,23H,6-7H2,1-2H3,(H,24,25)(H,26,27)/t14-,15-/m1/s1. The first-order valence-corrected chi connectivity index (χ1v) is 9.49. The lowest BCUT2D eigenvalue weighted by atomic mass is 9.88. The third-order valence-corrected chi connectivity index (χ3v) is 5.78. The molecular weight excluding hydrogens is 403 g/mol. The zero-order valence-corrected chi connectivity index (χ0v) is 16.9. The summed E-state index contributed by atoms with van der Waals surface area (Å²) < 4.78 is 5.55. The van der Waals surface area contributed by atoms with E-state index in [1.54, 1.807) is 32.2 Å². The van der Waals surface area contributed by atoms with Crippen LogP contribution in [0, 0.1) is 6.92 Å². The minimum atomic E-state index is -0.969. The molecule has 0 aliphatic heterocycles. The molecule has 3 rings (SSSR count). The lowest BCUT2D eigenvalue weighted by Gasteiger charge is -2.30. The van der Waals surface area contributed by atoms with Crippen LogP contribution in [0.3, 0.4) is 0 Å². The van der Waals surface area contributed by atoms with Crippen LogP contribution in [0.2, 0.25) is 10.0 Å². The summed E-state index contributed by atoms with van der Waals surface area (Å²) in [6, 6.07) is 6.53. The second-order valence-electron chi connectivity index (χ2n) is 6.65. The number of amides is 1. The fourth-order valence-corrected chi connectivity index (χ4v) is 3.74. The number of aromatic nitrogens is 1. The molecule has 8 heteroatoms. The quantitative estimate of drug-likeness (QED) is 0.668. The summed E-state index contributed by atoms with van der Waals surface area (Å²) in [5.41, 5.74) is 2.91. The molecule has 0 saturated carbocycles. The summed E-state index contributed by atoms with van der Waals surface area (Å²) in [4.78, 5) is 26.7. The number of carboxylic acid groups (broad SMARTS) is 1. The Morgan fingerprint density at radius 2 is 2.04 bits per heavy atom. The maximum atomic E-state index is 12.6. The molecule has 2 aromatic rings. The SMILES string of the molecule is CO[C@@H]1C=C(c2cccc(C(=O)O)c2)CC[C@H]1NC(=O)c1[nH]c(C)c(Cl)c1Cl. The van der Waals surface area contributed by atoms with Crippen LogP contribution in [0.15, 0.2) is 30.3 Å². The van der Waals surface area contributed by atoms with E-state index in [4.69, 9.17) is 27.9 Å². The summed E-state index contributed by atoms with van der Waals surface area (Å²) in [7, 11) is 1.57. The van der Waals surface area contributed by atoms with Gasteiger partial charge in [-0.05, 0) is 43.0 Å². The van der Waals surface area contributed by atoms with Gasteiger partial charge in [0.05, 0.1) is 27.8 Å². The number of methoxy groups -OCH3 is 1. The van der Waals surface area contributed by atoms with E-state index >= 15 is 0 Å². The summed E-state index contributed by atoms with van der Waals surface area (Å²) in [6.07, 6.45) is 2.88. The van der Waals surface area contributed by atoms with Crippen molar-refractivity contribution in [1.82, 2.24) is 10.3 Å². The molecule has 0 unspecified atom stereocenters. The van der Waals surface area contributed by atoms with Gasteiger partial charge >= 0.3 is 5.97 Å². The van der Waals surface area contributed by atoms with Crippen molar-refractivity contribution in [3.05, 3.63) is 62.9 Å². The molecule has 0 saturated heterocycles. The van der Waals surface area contributed by atoms with Gasteiger partial charge in [0.2, 0.25) is 0 Å². The molecule has 1 aliphatic carbocycles. The topological polar surface area (TPSA) is 91.4 Å². The Hall–Kier alpha value is -2.28. The zero-order valence-electron chi connectivity index (χ0n) is 15.4. The Morgan fingerprint density at radius 3 is 2.64 bits per heavy atom. The summed E-state index contributed by atoms with van der Waals surface area (Å²) >= 11 is 12.2. The molecule has 28 heavy (non-hydrogen) atoms. The first-order chi connectivity index (χ1) is 13.3. The third kappa shape index (κ3) is 4.09. The number of aryl methyl sites for hydroxylation is 1. The maximum Gasteiger partial charge on any atom is 0.335 e. The first-order valence-electron chi connectivity index (χ1n) is 8.73. The van der Waals surface area contributed by atoms with Crippen LogP contribution < -0.4 is 5.32 Å². The van der Waals surface area contributed by atoms with Crippen LogP contribution in [0.4, 0.5) is 0 Å². The first kappa shape index (κ1) is 20.5. The van der Waals surface area contributed by atoms with E-state index in [1.807, 2.05) is 12.1 Å². The van der Waals surface area contributed by atoms with Crippen LogP contribution >= 0.6 is 23.2 Å². The van der Waals surface area contributed by atoms with Gasteiger partial charge < -0.3 is 20.1 Å². The molecular formula is C20H20Cl2N2O4. The van der Waals surface area contributed by atoms with E-state index in [-0.39, 0.29) is 34.3 Å². The van der Waals surface area contributed by atoms with Crippen molar-refractivity contribution < 1.29 is 19.4 Å². The molecule has 0 fully saturated rings. The Morgan fingerprint density at radius 1 is 1.29 bits per heavy atom. The number of carbonyl (C=O) groups excluding carboxylic acids is 1. The molecule has 3 N–H and O–H groups in total. The normalized spacial score (nSPS) is 19.2. The van der Waals surface area contributed by atoms with Crippen LogP contribution in [0.1, 0.15) is 44.9 Å². The number of halogens is 2. The summed E-state index contributed by atoms with van der Waals surface area (Å²) in [6.45, 7) is 1.74. The Labute approximate surface area is 172 Å². The molecule has 1 aliphatic rings. The maximum absolute atomic E-state index is 12.6. The summed E-state index contributed by atoms with van der Waals surface area (Å²) in [5, 5.41) is 12.7. The number of ether oxygens (including phenoxy) is 1. The highest BCUT2D eigenvalue weighted by molar-refractivity contribution is 6.44. The van der Waals surface area contributed by atoms with Crippen molar-refractivity contribution in [2.45, 2.75) is 31.9 Å².